The first kappa shape index (κ1) is 13.0. The van der Waals surface area contributed by atoms with Crippen LogP contribution in [0.4, 0.5) is 0 Å². The molecule has 1 saturated carbocycles. The van der Waals surface area contributed by atoms with Gasteiger partial charge in [-0.3, -0.25) is 9.59 Å². The van der Waals surface area contributed by atoms with Crippen molar-refractivity contribution < 1.29 is 14.7 Å². The second-order valence-corrected chi connectivity index (χ2v) is 4.53. The summed E-state index contributed by atoms with van der Waals surface area (Å²) in [5, 5.41) is 8.49. The van der Waals surface area contributed by atoms with Gasteiger partial charge in [0.15, 0.2) is 0 Å². The van der Waals surface area contributed by atoms with Crippen molar-refractivity contribution in [1.29, 1.82) is 0 Å². The fourth-order valence-electron chi connectivity index (χ4n) is 2.13. The van der Waals surface area contributed by atoms with Crippen LogP contribution in [0.3, 0.4) is 0 Å². The summed E-state index contributed by atoms with van der Waals surface area (Å²) >= 11 is 0. The molecule has 3 N–H and O–H groups in total. The van der Waals surface area contributed by atoms with Crippen molar-refractivity contribution in [2.24, 2.45) is 11.7 Å². The number of aliphatic carboxylic acids is 1. The van der Waals surface area contributed by atoms with Gasteiger partial charge in [-0.25, -0.2) is 0 Å². The molecule has 0 aromatic rings. The number of carbonyl (C=O) groups is 2. The SMILES string of the molecule is CN(CCCC(=O)O)C(=O)C1CCC(N)C1. The van der Waals surface area contributed by atoms with Gasteiger partial charge in [0.25, 0.3) is 0 Å². The first-order chi connectivity index (χ1) is 7.50. The van der Waals surface area contributed by atoms with E-state index in [2.05, 4.69) is 0 Å². The summed E-state index contributed by atoms with van der Waals surface area (Å²) in [4.78, 5) is 23.8. The maximum absolute atomic E-state index is 11.9. The molecule has 0 radical (unpaired) electrons. The van der Waals surface area contributed by atoms with Gasteiger partial charge < -0.3 is 15.7 Å². The highest BCUT2D eigenvalue weighted by Gasteiger charge is 2.29. The minimum atomic E-state index is -0.816. The zero-order valence-electron chi connectivity index (χ0n) is 9.69. The Balaban J connectivity index is 2.27. The van der Waals surface area contributed by atoms with Gasteiger partial charge in [0, 0.05) is 32.0 Å². The van der Waals surface area contributed by atoms with E-state index in [1.165, 1.54) is 0 Å². The van der Waals surface area contributed by atoms with Crippen molar-refractivity contribution in [3.05, 3.63) is 0 Å². The van der Waals surface area contributed by atoms with Crippen molar-refractivity contribution in [1.82, 2.24) is 4.90 Å². The Morgan fingerprint density at radius 2 is 2.12 bits per heavy atom. The molecule has 5 nitrogen and oxygen atoms in total. The molecule has 0 aromatic heterocycles. The molecule has 0 aliphatic heterocycles. The van der Waals surface area contributed by atoms with Gasteiger partial charge in [-0.05, 0) is 25.7 Å². The number of hydrogen-bond donors (Lipinski definition) is 2. The number of nitrogens with two attached hydrogens (primary N) is 1. The molecular weight excluding hydrogens is 208 g/mol. The lowest BCUT2D eigenvalue weighted by molar-refractivity contribution is -0.138. The standard InChI is InChI=1S/C11H20N2O3/c1-13(6-2-3-10(14)15)11(16)8-4-5-9(12)7-8/h8-9H,2-7,12H2,1H3,(H,14,15). The number of carboxylic acids is 1. The third-order valence-electron chi connectivity index (χ3n) is 3.08. The predicted molar refractivity (Wildman–Crippen MR) is 59.8 cm³/mol. The Morgan fingerprint density at radius 3 is 2.62 bits per heavy atom. The zero-order valence-corrected chi connectivity index (χ0v) is 9.69. The lowest BCUT2D eigenvalue weighted by atomic mass is 10.1. The number of carbonyl (C=O) groups excluding carboxylic acids is 1. The van der Waals surface area contributed by atoms with Crippen molar-refractivity contribution >= 4 is 11.9 Å². The molecule has 16 heavy (non-hydrogen) atoms. The van der Waals surface area contributed by atoms with Crippen molar-refractivity contribution in [3.63, 3.8) is 0 Å². The van der Waals surface area contributed by atoms with Crippen LogP contribution in [-0.2, 0) is 9.59 Å². The van der Waals surface area contributed by atoms with Crippen LogP contribution in [0.15, 0.2) is 0 Å². The van der Waals surface area contributed by atoms with E-state index in [9.17, 15) is 9.59 Å². The molecule has 1 rings (SSSR count). The van der Waals surface area contributed by atoms with Crippen molar-refractivity contribution in [3.8, 4) is 0 Å². The number of carboxylic acid groups (broad SMARTS) is 1. The van der Waals surface area contributed by atoms with Crippen LogP contribution in [0.2, 0.25) is 0 Å². The molecule has 5 heteroatoms. The summed E-state index contributed by atoms with van der Waals surface area (Å²) in [6.07, 6.45) is 3.17. The van der Waals surface area contributed by atoms with Crippen LogP contribution in [0.5, 0.6) is 0 Å². The van der Waals surface area contributed by atoms with E-state index in [1.54, 1.807) is 11.9 Å². The van der Waals surface area contributed by atoms with Gasteiger partial charge >= 0.3 is 5.97 Å². The molecule has 0 saturated heterocycles. The fourth-order valence-corrected chi connectivity index (χ4v) is 2.13. The molecule has 0 aromatic carbocycles. The molecule has 2 atom stereocenters. The molecule has 0 heterocycles. The van der Waals surface area contributed by atoms with Crippen LogP contribution in [0.1, 0.15) is 32.1 Å². The normalized spacial score (nSPS) is 24.4. The van der Waals surface area contributed by atoms with E-state index < -0.39 is 5.97 Å². The number of hydrogen-bond acceptors (Lipinski definition) is 3. The molecule has 1 aliphatic rings. The van der Waals surface area contributed by atoms with Gasteiger partial charge in [-0.1, -0.05) is 0 Å². The third-order valence-corrected chi connectivity index (χ3v) is 3.08. The summed E-state index contributed by atoms with van der Waals surface area (Å²) in [5.41, 5.74) is 5.75. The number of rotatable bonds is 5. The van der Waals surface area contributed by atoms with E-state index in [0.29, 0.717) is 13.0 Å². The van der Waals surface area contributed by atoms with E-state index in [4.69, 9.17) is 10.8 Å². The molecule has 1 amide bonds. The highest BCUT2D eigenvalue weighted by atomic mass is 16.4. The number of amides is 1. The molecular formula is C11H20N2O3. The van der Waals surface area contributed by atoms with E-state index in [0.717, 1.165) is 19.3 Å². The second-order valence-electron chi connectivity index (χ2n) is 4.53. The molecule has 0 spiro atoms. The predicted octanol–water partition coefficient (Wildman–Crippen LogP) is 0.437. The smallest absolute Gasteiger partial charge is 0.303 e. The Hall–Kier alpha value is -1.10. The maximum atomic E-state index is 11.9. The van der Waals surface area contributed by atoms with Gasteiger partial charge in [-0.2, -0.15) is 0 Å². The van der Waals surface area contributed by atoms with Crippen LogP contribution in [0, 0.1) is 5.92 Å². The highest BCUT2D eigenvalue weighted by Crippen LogP contribution is 2.25. The molecule has 0 bridgehead atoms. The van der Waals surface area contributed by atoms with Gasteiger partial charge in [0.2, 0.25) is 5.91 Å². The first-order valence-electron chi connectivity index (χ1n) is 5.73. The average molecular weight is 228 g/mol. The average Bonchev–Trinajstić information content (AvgIpc) is 2.63. The van der Waals surface area contributed by atoms with Gasteiger partial charge in [0.05, 0.1) is 0 Å². The number of nitrogens with zero attached hydrogens (tertiary/aromatic N) is 1. The lowest BCUT2D eigenvalue weighted by Crippen LogP contribution is -2.33. The summed E-state index contributed by atoms with van der Waals surface area (Å²) in [5.74, 6) is -0.660. The third kappa shape index (κ3) is 3.81. The minimum Gasteiger partial charge on any atom is -0.481 e. The van der Waals surface area contributed by atoms with Crippen molar-refractivity contribution in [2.45, 2.75) is 38.1 Å². The highest BCUT2D eigenvalue weighted by molar-refractivity contribution is 5.79. The second kappa shape index (κ2) is 5.84. The quantitative estimate of drug-likeness (QED) is 0.715. The summed E-state index contributed by atoms with van der Waals surface area (Å²) in [6, 6.07) is 0.154. The van der Waals surface area contributed by atoms with Gasteiger partial charge in [0.1, 0.15) is 0 Å². The molecule has 92 valence electrons. The summed E-state index contributed by atoms with van der Waals surface area (Å²) < 4.78 is 0. The van der Waals surface area contributed by atoms with Crippen LogP contribution < -0.4 is 5.73 Å². The topological polar surface area (TPSA) is 83.6 Å². The Labute approximate surface area is 95.6 Å². The molecule has 1 aliphatic carbocycles. The fraction of sp³-hybridized carbons (Fsp3) is 0.818. The minimum absolute atomic E-state index is 0.0461. The van der Waals surface area contributed by atoms with E-state index >= 15 is 0 Å². The zero-order chi connectivity index (χ0) is 12.1. The maximum Gasteiger partial charge on any atom is 0.303 e. The largest absolute Gasteiger partial charge is 0.481 e. The van der Waals surface area contributed by atoms with E-state index in [1.807, 2.05) is 0 Å². The van der Waals surface area contributed by atoms with Crippen molar-refractivity contribution in [2.75, 3.05) is 13.6 Å². The Morgan fingerprint density at radius 1 is 1.44 bits per heavy atom. The first-order valence-corrected chi connectivity index (χ1v) is 5.73. The lowest BCUT2D eigenvalue weighted by Gasteiger charge is -2.20. The summed E-state index contributed by atoms with van der Waals surface area (Å²) in [6.45, 7) is 0.511. The van der Waals surface area contributed by atoms with Gasteiger partial charge in [-0.15, -0.1) is 0 Å². The van der Waals surface area contributed by atoms with E-state index in [-0.39, 0.29) is 24.3 Å². The Bertz CT molecular complexity index is 268. The molecule has 1 fully saturated rings. The Kier molecular flexibility index (Phi) is 4.73. The monoisotopic (exact) mass is 228 g/mol. The van der Waals surface area contributed by atoms with Crippen LogP contribution in [-0.4, -0.2) is 41.5 Å². The van der Waals surface area contributed by atoms with Crippen LogP contribution >= 0.6 is 0 Å². The molecule has 2 unspecified atom stereocenters. The van der Waals surface area contributed by atoms with Crippen LogP contribution in [0.25, 0.3) is 0 Å². The summed E-state index contributed by atoms with van der Waals surface area (Å²) in [7, 11) is 1.73.